The first-order valence-corrected chi connectivity index (χ1v) is 8.21. The summed E-state index contributed by atoms with van der Waals surface area (Å²) in [5.41, 5.74) is 5.70. The normalized spacial score (nSPS) is 13.3. The summed E-state index contributed by atoms with van der Waals surface area (Å²) in [7, 11) is 3.52. The zero-order valence-corrected chi connectivity index (χ0v) is 17.5. The number of benzene rings is 1. The Bertz CT molecular complexity index is 776. The first-order chi connectivity index (χ1) is 11.7. The lowest BCUT2D eigenvalue weighted by atomic mass is 10.1. The Morgan fingerprint density at radius 1 is 1.32 bits per heavy atom. The Hall–Kier alpha value is -1.83. The Morgan fingerprint density at radius 2 is 2.08 bits per heavy atom. The molecule has 1 aliphatic heterocycles. The van der Waals surface area contributed by atoms with Gasteiger partial charge in [0.05, 0.1) is 19.3 Å². The van der Waals surface area contributed by atoms with E-state index in [9.17, 15) is 0 Å². The topological polar surface area (TPSA) is 49.8 Å². The second-order valence-electron chi connectivity index (χ2n) is 5.98. The van der Waals surface area contributed by atoms with Gasteiger partial charge in [0.25, 0.3) is 0 Å². The number of rotatable bonds is 3. The van der Waals surface area contributed by atoms with Crippen LogP contribution in [0, 0.1) is 13.8 Å². The zero-order valence-electron chi connectivity index (χ0n) is 15.2. The third kappa shape index (κ3) is 3.89. The molecular weight excluding hydrogens is 427 g/mol. The van der Waals surface area contributed by atoms with E-state index in [1.165, 1.54) is 11.3 Å². The van der Waals surface area contributed by atoms with Crippen LogP contribution in [0.5, 0.6) is 5.75 Å². The van der Waals surface area contributed by atoms with Gasteiger partial charge in [0.1, 0.15) is 5.75 Å². The number of aryl methyl sites for hydroxylation is 1. The van der Waals surface area contributed by atoms with Gasteiger partial charge in [-0.1, -0.05) is 18.2 Å². The maximum absolute atomic E-state index is 5.49. The largest absolute Gasteiger partial charge is 0.496 e. The van der Waals surface area contributed by atoms with E-state index in [1.54, 1.807) is 7.11 Å². The Kier molecular flexibility index (Phi) is 6.64. The highest BCUT2D eigenvalue weighted by Gasteiger charge is 2.22. The van der Waals surface area contributed by atoms with Gasteiger partial charge in [-0.2, -0.15) is 0 Å². The molecule has 0 atom stereocenters. The second kappa shape index (κ2) is 8.51. The Morgan fingerprint density at radius 3 is 2.80 bits per heavy atom. The smallest absolute Gasteiger partial charge is 0.198 e. The standard InChI is InChI=1S/C19H24N4O.HI/c1-13-11-21-16(14(2)18(13)24-4)12-22-19(20-3)23-10-9-15-7-5-6-8-17(15)23;/h5-8,11H,9-10,12H2,1-4H3,(H,20,22);1H. The van der Waals surface area contributed by atoms with Gasteiger partial charge in [0.2, 0.25) is 0 Å². The number of anilines is 1. The predicted molar refractivity (Wildman–Crippen MR) is 113 cm³/mol. The fraction of sp³-hybridized carbons (Fsp3) is 0.368. The Balaban J connectivity index is 0.00000225. The number of pyridine rings is 1. The number of guanidine groups is 1. The Labute approximate surface area is 166 Å². The van der Waals surface area contributed by atoms with Crippen LogP contribution in [0.4, 0.5) is 5.69 Å². The van der Waals surface area contributed by atoms with Crippen LogP contribution in [0.1, 0.15) is 22.4 Å². The van der Waals surface area contributed by atoms with E-state index in [0.29, 0.717) is 6.54 Å². The fourth-order valence-corrected chi connectivity index (χ4v) is 3.27. The van der Waals surface area contributed by atoms with Gasteiger partial charge >= 0.3 is 0 Å². The molecule has 0 fully saturated rings. The average Bonchev–Trinajstić information content (AvgIpc) is 3.02. The van der Waals surface area contributed by atoms with E-state index in [4.69, 9.17) is 4.74 Å². The highest BCUT2D eigenvalue weighted by atomic mass is 127. The molecule has 0 saturated carbocycles. The van der Waals surface area contributed by atoms with Crippen LogP contribution in [-0.2, 0) is 13.0 Å². The number of aromatic nitrogens is 1. The highest BCUT2D eigenvalue weighted by molar-refractivity contribution is 14.0. The minimum absolute atomic E-state index is 0. The van der Waals surface area contributed by atoms with Gasteiger partial charge in [0.15, 0.2) is 5.96 Å². The number of methoxy groups -OCH3 is 1. The first kappa shape index (κ1) is 19.5. The SMILES string of the molecule is CN=C(NCc1ncc(C)c(OC)c1C)N1CCc2ccccc21.I. The number of nitrogens with one attached hydrogen (secondary N) is 1. The quantitative estimate of drug-likeness (QED) is 0.441. The first-order valence-electron chi connectivity index (χ1n) is 8.21. The molecule has 6 heteroatoms. The number of para-hydroxylation sites is 1. The summed E-state index contributed by atoms with van der Waals surface area (Å²) in [5, 5.41) is 3.44. The fourth-order valence-electron chi connectivity index (χ4n) is 3.27. The third-order valence-electron chi connectivity index (χ3n) is 4.52. The van der Waals surface area contributed by atoms with E-state index in [-0.39, 0.29) is 24.0 Å². The van der Waals surface area contributed by atoms with Crippen LogP contribution < -0.4 is 15.0 Å². The maximum atomic E-state index is 5.49. The summed E-state index contributed by atoms with van der Waals surface area (Å²) >= 11 is 0. The van der Waals surface area contributed by atoms with Gasteiger partial charge in [-0.3, -0.25) is 9.98 Å². The summed E-state index contributed by atoms with van der Waals surface area (Å²) in [6.07, 6.45) is 2.91. The molecule has 25 heavy (non-hydrogen) atoms. The van der Waals surface area contributed by atoms with Crippen molar-refractivity contribution in [3.05, 3.63) is 52.8 Å². The number of nitrogens with zero attached hydrogens (tertiary/aromatic N) is 3. The highest BCUT2D eigenvalue weighted by Crippen LogP contribution is 2.28. The lowest BCUT2D eigenvalue weighted by Crippen LogP contribution is -2.40. The summed E-state index contributed by atoms with van der Waals surface area (Å²) in [4.78, 5) is 11.2. The number of halogens is 1. The van der Waals surface area contributed by atoms with Crippen LogP contribution in [0.25, 0.3) is 0 Å². The molecule has 0 bridgehead atoms. The molecule has 0 unspecified atom stereocenters. The lowest BCUT2D eigenvalue weighted by Gasteiger charge is -2.22. The lowest BCUT2D eigenvalue weighted by molar-refractivity contribution is 0.406. The van der Waals surface area contributed by atoms with Crippen LogP contribution in [0.2, 0.25) is 0 Å². The second-order valence-corrected chi connectivity index (χ2v) is 5.98. The summed E-state index contributed by atoms with van der Waals surface area (Å²) < 4.78 is 5.49. The summed E-state index contributed by atoms with van der Waals surface area (Å²) in [6, 6.07) is 8.48. The van der Waals surface area contributed by atoms with Gasteiger partial charge in [-0.05, 0) is 31.9 Å². The molecular formula is C19H25IN4O. The van der Waals surface area contributed by atoms with Crippen molar-refractivity contribution in [1.82, 2.24) is 10.3 Å². The van der Waals surface area contributed by atoms with Crippen LogP contribution in [0.3, 0.4) is 0 Å². The van der Waals surface area contributed by atoms with Gasteiger partial charge in [-0.25, -0.2) is 0 Å². The van der Waals surface area contributed by atoms with Crippen molar-refractivity contribution in [2.24, 2.45) is 4.99 Å². The van der Waals surface area contributed by atoms with Crippen LogP contribution in [-0.4, -0.2) is 31.6 Å². The number of aliphatic imine (C=N–C) groups is 1. The third-order valence-corrected chi connectivity index (χ3v) is 4.52. The van der Waals surface area contributed by atoms with E-state index < -0.39 is 0 Å². The van der Waals surface area contributed by atoms with Crippen LogP contribution >= 0.6 is 24.0 Å². The van der Waals surface area contributed by atoms with E-state index in [2.05, 4.69) is 44.5 Å². The van der Waals surface area contributed by atoms with Gasteiger partial charge < -0.3 is 15.0 Å². The molecule has 1 aromatic heterocycles. The van der Waals surface area contributed by atoms with Crippen molar-refractivity contribution < 1.29 is 4.74 Å². The molecule has 134 valence electrons. The number of fused-ring (bicyclic) bond motifs is 1. The van der Waals surface area contributed by atoms with Gasteiger partial charge in [-0.15, -0.1) is 24.0 Å². The molecule has 3 rings (SSSR count). The molecule has 0 radical (unpaired) electrons. The average molecular weight is 452 g/mol. The molecule has 0 aliphatic carbocycles. The molecule has 1 aliphatic rings. The number of hydrogen-bond donors (Lipinski definition) is 1. The minimum atomic E-state index is 0. The van der Waals surface area contributed by atoms with Crippen molar-refractivity contribution in [3.8, 4) is 5.75 Å². The van der Waals surface area contributed by atoms with Crippen molar-refractivity contribution >= 4 is 35.6 Å². The van der Waals surface area contributed by atoms with Crippen molar-refractivity contribution in [2.75, 3.05) is 25.6 Å². The molecule has 0 spiro atoms. The predicted octanol–water partition coefficient (Wildman–Crippen LogP) is 3.46. The molecule has 1 N–H and O–H groups in total. The molecule has 1 aromatic carbocycles. The van der Waals surface area contributed by atoms with Crippen LogP contribution in [0.15, 0.2) is 35.5 Å². The molecule has 2 aromatic rings. The van der Waals surface area contributed by atoms with Gasteiger partial charge in [0, 0.05) is 36.6 Å². The molecule has 2 heterocycles. The zero-order chi connectivity index (χ0) is 17.1. The van der Waals surface area contributed by atoms with E-state index >= 15 is 0 Å². The van der Waals surface area contributed by atoms with E-state index in [1.807, 2.05) is 27.1 Å². The number of ether oxygens (including phenoxy) is 1. The van der Waals surface area contributed by atoms with Crippen molar-refractivity contribution in [1.29, 1.82) is 0 Å². The molecule has 0 amide bonds. The van der Waals surface area contributed by atoms with E-state index in [0.717, 1.165) is 41.5 Å². The van der Waals surface area contributed by atoms with Crippen molar-refractivity contribution in [3.63, 3.8) is 0 Å². The molecule has 0 saturated heterocycles. The molecule has 5 nitrogen and oxygen atoms in total. The maximum Gasteiger partial charge on any atom is 0.198 e. The summed E-state index contributed by atoms with van der Waals surface area (Å²) in [6.45, 7) is 5.62. The monoisotopic (exact) mass is 452 g/mol. The minimum Gasteiger partial charge on any atom is -0.496 e. The van der Waals surface area contributed by atoms with Crippen molar-refractivity contribution in [2.45, 2.75) is 26.8 Å². The number of hydrogen-bond acceptors (Lipinski definition) is 3. The summed E-state index contributed by atoms with van der Waals surface area (Å²) in [5.74, 6) is 1.78.